The van der Waals surface area contributed by atoms with Gasteiger partial charge < -0.3 is 9.84 Å². The monoisotopic (exact) mass is 338 g/mol. The largest absolute Gasteiger partial charge is 0.478 e. The molecule has 2 aromatic rings. The second kappa shape index (κ2) is 7.23. The number of hydrogen-bond donors (Lipinski definition) is 1. The number of ether oxygens (including phenoxy) is 1. The molecule has 0 aromatic heterocycles. The van der Waals surface area contributed by atoms with Crippen molar-refractivity contribution in [3.63, 3.8) is 0 Å². The van der Waals surface area contributed by atoms with E-state index in [1.165, 1.54) is 24.3 Å². The van der Waals surface area contributed by atoms with Crippen LogP contribution in [0.3, 0.4) is 0 Å². The summed E-state index contributed by atoms with van der Waals surface area (Å²) in [5.74, 6) is -1.76. The van der Waals surface area contributed by atoms with E-state index in [9.17, 15) is 19.1 Å². The first kappa shape index (κ1) is 16.8. The zero-order valence-corrected chi connectivity index (χ0v) is 13.2. The van der Waals surface area contributed by atoms with E-state index in [0.29, 0.717) is 22.3 Å². The fourth-order valence-corrected chi connectivity index (χ4v) is 2.61. The predicted octanol–water partition coefficient (Wildman–Crippen LogP) is 3.59. The van der Waals surface area contributed by atoms with Gasteiger partial charge in [-0.15, -0.1) is 0 Å². The Kier molecular flexibility index (Phi) is 4.86. The standard InChI is InChI=1S/C20H15FO4/c21-18-8-4-2-6-14(18)10-16-12-25-11-15(19(16)22)9-13-5-1-3-7-17(13)20(23)24/h1-10H,11-12H2,(H,23,24)/b15-9+,16-10+. The molecule has 1 N–H and O–H groups in total. The molecule has 0 aliphatic carbocycles. The van der Waals surface area contributed by atoms with Crippen LogP contribution in [0, 0.1) is 5.82 Å². The lowest BCUT2D eigenvalue weighted by atomic mass is 9.96. The first-order chi connectivity index (χ1) is 12.1. The van der Waals surface area contributed by atoms with Gasteiger partial charge in [0.1, 0.15) is 5.82 Å². The molecule has 2 aromatic carbocycles. The molecule has 4 nitrogen and oxygen atoms in total. The van der Waals surface area contributed by atoms with Crippen LogP contribution in [0.1, 0.15) is 21.5 Å². The third-order valence-electron chi connectivity index (χ3n) is 3.85. The van der Waals surface area contributed by atoms with E-state index in [2.05, 4.69) is 0 Å². The van der Waals surface area contributed by atoms with Crippen molar-refractivity contribution in [2.75, 3.05) is 13.2 Å². The average Bonchev–Trinajstić information content (AvgIpc) is 2.60. The Morgan fingerprint density at radius 3 is 2.16 bits per heavy atom. The molecule has 0 saturated carbocycles. The summed E-state index contributed by atoms with van der Waals surface area (Å²) in [6.45, 7) is 0.173. The molecule has 1 aliphatic heterocycles. The quantitative estimate of drug-likeness (QED) is 0.869. The van der Waals surface area contributed by atoms with E-state index >= 15 is 0 Å². The van der Waals surface area contributed by atoms with Crippen LogP contribution in [0.25, 0.3) is 12.2 Å². The number of ketones is 1. The van der Waals surface area contributed by atoms with E-state index in [1.807, 2.05) is 0 Å². The molecule has 1 aliphatic rings. The van der Waals surface area contributed by atoms with Gasteiger partial charge in [-0.05, 0) is 29.8 Å². The van der Waals surface area contributed by atoms with Crippen molar-refractivity contribution in [2.45, 2.75) is 0 Å². The Morgan fingerprint density at radius 2 is 1.52 bits per heavy atom. The molecule has 1 saturated heterocycles. The van der Waals surface area contributed by atoms with Crippen LogP contribution >= 0.6 is 0 Å². The van der Waals surface area contributed by atoms with Gasteiger partial charge in [0.15, 0.2) is 5.78 Å². The van der Waals surface area contributed by atoms with Crippen LogP contribution in [-0.2, 0) is 9.53 Å². The van der Waals surface area contributed by atoms with Crippen molar-refractivity contribution < 1.29 is 23.8 Å². The minimum absolute atomic E-state index is 0.0847. The molecule has 1 fully saturated rings. The lowest BCUT2D eigenvalue weighted by molar-refractivity contribution is -0.114. The summed E-state index contributed by atoms with van der Waals surface area (Å²) in [6, 6.07) is 12.6. The number of rotatable bonds is 3. The van der Waals surface area contributed by atoms with Crippen LogP contribution < -0.4 is 0 Å². The zero-order valence-electron chi connectivity index (χ0n) is 13.2. The third kappa shape index (κ3) is 3.72. The summed E-state index contributed by atoms with van der Waals surface area (Å²) in [4.78, 5) is 23.9. The third-order valence-corrected chi connectivity index (χ3v) is 3.85. The Hall–Kier alpha value is -3.05. The summed E-state index contributed by atoms with van der Waals surface area (Å²) in [6.07, 6.45) is 2.98. The summed E-state index contributed by atoms with van der Waals surface area (Å²) in [5, 5.41) is 9.24. The van der Waals surface area contributed by atoms with Gasteiger partial charge >= 0.3 is 5.97 Å². The number of carboxylic acids is 1. The highest BCUT2D eigenvalue weighted by molar-refractivity contribution is 6.14. The molecule has 25 heavy (non-hydrogen) atoms. The van der Waals surface area contributed by atoms with Crippen LogP contribution in [0.15, 0.2) is 59.7 Å². The van der Waals surface area contributed by atoms with E-state index in [0.717, 1.165) is 0 Å². The molecular weight excluding hydrogens is 323 g/mol. The topological polar surface area (TPSA) is 63.6 Å². The van der Waals surface area contributed by atoms with E-state index in [4.69, 9.17) is 4.74 Å². The summed E-state index contributed by atoms with van der Waals surface area (Å²) in [7, 11) is 0. The van der Waals surface area contributed by atoms with Crippen molar-refractivity contribution in [2.24, 2.45) is 0 Å². The molecule has 1 heterocycles. The second-order valence-electron chi connectivity index (χ2n) is 5.57. The second-order valence-corrected chi connectivity index (χ2v) is 5.57. The van der Waals surface area contributed by atoms with Crippen LogP contribution in [-0.4, -0.2) is 30.1 Å². The Morgan fingerprint density at radius 1 is 0.960 bits per heavy atom. The molecule has 0 amide bonds. The first-order valence-electron chi connectivity index (χ1n) is 7.66. The molecule has 5 heteroatoms. The van der Waals surface area contributed by atoms with Crippen molar-refractivity contribution in [1.82, 2.24) is 0 Å². The molecule has 0 bridgehead atoms. The average molecular weight is 338 g/mol. The number of carboxylic acid groups (broad SMARTS) is 1. The molecule has 0 unspecified atom stereocenters. The number of carbonyl (C=O) groups is 2. The van der Waals surface area contributed by atoms with Gasteiger partial charge in [0.2, 0.25) is 0 Å². The fourth-order valence-electron chi connectivity index (χ4n) is 2.61. The lowest BCUT2D eigenvalue weighted by Crippen LogP contribution is -2.22. The van der Waals surface area contributed by atoms with Gasteiger partial charge in [-0.2, -0.15) is 0 Å². The number of halogens is 1. The van der Waals surface area contributed by atoms with Crippen molar-refractivity contribution in [1.29, 1.82) is 0 Å². The molecule has 0 spiro atoms. The summed E-state index contributed by atoms with van der Waals surface area (Å²) < 4.78 is 19.2. The SMILES string of the molecule is O=C1/C(=C/c2ccccc2F)COC/C1=C\c1ccccc1C(=O)O. The zero-order chi connectivity index (χ0) is 17.8. The van der Waals surface area contributed by atoms with Crippen molar-refractivity contribution in [3.05, 3.63) is 82.2 Å². The van der Waals surface area contributed by atoms with Gasteiger partial charge in [-0.1, -0.05) is 36.4 Å². The minimum atomic E-state index is -1.07. The maximum atomic E-state index is 13.8. The number of carbonyl (C=O) groups excluding carboxylic acids is 1. The Bertz CT molecular complexity index is 896. The van der Waals surface area contributed by atoms with E-state index < -0.39 is 11.8 Å². The van der Waals surface area contributed by atoms with Gasteiger partial charge in [0.25, 0.3) is 0 Å². The van der Waals surface area contributed by atoms with Crippen molar-refractivity contribution >= 4 is 23.9 Å². The minimum Gasteiger partial charge on any atom is -0.478 e. The van der Waals surface area contributed by atoms with Gasteiger partial charge in [-0.3, -0.25) is 4.79 Å². The normalized spacial score (nSPS) is 17.9. The summed E-state index contributed by atoms with van der Waals surface area (Å²) in [5.41, 5.74) is 1.50. The lowest BCUT2D eigenvalue weighted by Gasteiger charge is -2.17. The van der Waals surface area contributed by atoms with E-state index in [-0.39, 0.29) is 24.6 Å². The molecule has 0 atom stereocenters. The highest BCUT2D eigenvalue weighted by Crippen LogP contribution is 2.22. The maximum absolute atomic E-state index is 13.8. The molecule has 0 radical (unpaired) electrons. The number of benzene rings is 2. The maximum Gasteiger partial charge on any atom is 0.336 e. The highest BCUT2D eigenvalue weighted by atomic mass is 19.1. The fraction of sp³-hybridized carbons (Fsp3) is 0.100. The van der Waals surface area contributed by atoms with Crippen molar-refractivity contribution in [3.8, 4) is 0 Å². The van der Waals surface area contributed by atoms with Gasteiger partial charge in [0.05, 0.1) is 18.8 Å². The van der Waals surface area contributed by atoms with E-state index in [1.54, 1.807) is 36.4 Å². The summed E-state index contributed by atoms with van der Waals surface area (Å²) >= 11 is 0. The number of aromatic carboxylic acids is 1. The van der Waals surface area contributed by atoms with Gasteiger partial charge in [-0.25, -0.2) is 9.18 Å². The molecule has 126 valence electrons. The van der Waals surface area contributed by atoms with Crippen LogP contribution in [0.2, 0.25) is 0 Å². The highest BCUT2D eigenvalue weighted by Gasteiger charge is 2.22. The molecule has 3 rings (SSSR count). The van der Waals surface area contributed by atoms with Crippen LogP contribution in [0.5, 0.6) is 0 Å². The first-order valence-corrected chi connectivity index (χ1v) is 7.66. The smallest absolute Gasteiger partial charge is 0.336 e. The Balaban J connectivity index is 1.96. The molecular formula is C20H15FO4. The van der Waals surface area contributed by atoms with Crippen LogP contribution in [0.4, 0.5) is 4.39 Å². The number of Topliss-reactive ketones (excluding diaryl/α,β-unsaturated/α-hetero) is 1. The Labute approximate surface area is 143 Å². The van der Waals surface area contributed by atoms with Gasteiger partial charge in [0, 0.05) is 16.7 Å². The number of hydrogen-bond acceptors (Lipinski definition) is 3. The predicted molar refractivity (Wildman–Crippen MR) is 91.6 cm³/mol.